The Hall–Kier alpha value is -6.57. The second-order valence-electron chi connectivity index (χ2n) is 22.3. The van der Waals surface area contributed by atoms with Gasteiger partial charge in [0.05, 0.1) is 29.8 Å². The summed E-state index contributed by atoms with van der Waals surface area (Å²) in [6, 6.07) is 18.9. The number of hydrogen-bond donors (Lipinski definition) is 4. The summed E-state index contributed by atoms with van der Waals surface area (Å²) in [5.74, 6) is 2.31. The van der Waals surface area contributed by atoms with E-state index >= 15 is 4.39 Å². The van der Waals surface area contributed by atoms with Gasteiger partial charge in [0, 0.05) is 112 Å². The number of aromatic nitrogens is 3. The Labute approximate surface area is 431 Å². The van der Waals surface area contributed by atoms with Crippen molar-refractivity contribution in [3.05, 3.63) is 106 Å². The van der Waals surface area contributed by atoms with Crippen LogP contribution in [0.4, 0.5) is 10.2 Å². The lowest BCUT2D eigenvalue weighted by atomic mass is 9.96. The molecule has 6 aromatic rings. The molecule has 7 heterocycles. The number of aromatic hydroxyl groups is 3. The van der Waals surface area contributed by atoms with Gasteiger partial charge < -0.3 is 44.8 Å². The van der Waals surface area contributed by atoms with Crippen molar-refractivity contribution in [3.8, 4) is 46.9 Å². The number of likely N-dealkylation sites (tertiary alicyclic amines) is 2. The number of carbonyl (C=O) groups excluding carboxylic acids is 1. The fraction of sp³-hybridized carbons (Fsp3) is 0.458. The summed E-state index contributed by atoms with van der Waals surface area (Å²) in [5.41, 5.74) is 5.51. The van der Waals surface area contributed by atoms with Crippen LogP contribution in [0.1, 0.15) is 109 Å². The first-order valence-electron chi connectivity index (χ1n) is 26.6. The molecular weight excluding hydrogens is 936 g/mol. The van der Waals surface area contributed by atoms with E-state index in [1.165, 1.54) is 17.7 Å². The van der Waals surface area contributed by atoms with Crippen molar-refractivity contribution in [1.82, 2.24) is 35.0 Å². The fourth-order valence-corrected chi connectivity index (χ4v) is 12.4. The molecular formula is C59H65FN8O6. The van der Waals surface area contributed by atoms with Gasteiger partial charge in [-0.15, -0.1) is 6.42 Å². The molecule has 0 spiro atoms. The molecule has 15 heteroatoms. The van der Waals surface area contributed by atoms with Crippen LogP contribution >= 0.6 is 0 Å². The number of piperidine rings is 2. The first kappa shape index (κ1) is 48.4. The summed E-state index contributed by atoms with van der Waals surface area (Å²) in [4.78, 5) is 37.0. The number of amides is 1. The number of hydrogen-bond acceptors (Lipinski definition) is 13. The van der Waals surface area contributed by atoms with Gasteiger partial charge in [0.15, 0.2) is 5.82 Å². The second-order valence-corrected chi connectivity index (χ2v) is 22.3. The minimum atomic E-state index is -0.610. The van der Waals surface area contributed by atoms with Gasteiger partial charge in [0.2, 0.25) is 0 Å². The van der Waals surface area contributed by atoms with Crippen molar-refractivity contribution in [3.63, 3.8) is 0 Å². The number of benzene rings is 4. The third kappa shape index (κ3) is 9.57. The van der Waals surface area contributed by atoms with E-state index in [1.807, 2.05) is 26.0 Å². The normalized spacial score (nSPS) is 21.2. The van der Waals surface area contributed by atoms with E-state index in [4.69, 9.17) is 25.9 Å². The molecule has 5 fully saturated rings. The molecule has 74 heavy (non-hydrogen) atoms. The molecule has 2 aromatic heterocycles. The first-order chi connectivity index (χ1) is 35.9. The lowest BCUT2D eigenvalue weighted by molar-refractivity contribution is -0.0675. The van der Waals surface area contributed by atoms with Crippen LogP contribution in [0.15, 0.2) is 66.9 Å². The molecule has 12 rings (SSSR count). The number of piperazine rings is 1. The van der Waals surface area contributed by atoms with Gasteiger partial charge in [-0.05, 0) is 109 Å². The second kappa shape index (κ2) is 19.6. The summed E-state index contributed by atoms with van der Waals surface area (Å²) >= 11 is 0. The standard InChI is InChI=1S/C59H65FN8O6/c1-4-37-6-5-7-38-23-43(69)24-48(52(37)38)54-53(60)55-49(27-61-54)56(67-31-41-10-11-42(32-67)62-41)64-58(63-55)73-34-59(16-17-59)33-66-20-14-45(15-21-66)74-44-12-18-65(19-13-44)28-36-8-9-39-29-68(30-40(39)22-36)57(72)47-25-46(35(2)3)50(70)26-51(47)71/h1,5-9,22-27,35,41-42,44-45,62,69-71H,10-21,28-34H2,2-3H3. The Morgan fingerprint density at radius 2 is 1.61 bits per heavy atom. The minimum absolute atomic E-state index is 0.00218. The summed E-state index contributed by atoms with van der Waals surface area (Å²) in [7, 11) is 0. The monoisotopic (exact) mass is 1000 g/mol. The average Bonchev–Trinajstić information content (AvgIpc) is 3.89. The van der Waals surface area contributed by atoms with Gasteiger partial charge in [-0.25, -0.2) is 4.39 Å². The van der Waals surface area contributed by atoms with Gasteiger partial charge in [-0.2, -0.15) is 9.97 Å². The highest BCUT2D eigenvalue weighted by atomic mass is 19.1. The highest BCUT2D eigenvalue weighted by molar-refractivity contribution is 6.03. The molecule has 6 aliphatic rings. The highest BCUT2D eigenvalue weighted by Crippen LogP contribution is 2.47. The lowest BCUT2D eigenvalue weighted by Crippen LogP contribution is -2.51. The van der Waals surface area contributed by atoms with Crippen LogP contribution < -0.4 is 15.0 Å². The molecule has 4 N–H and O–H groups in total. The van der Waals surface area contributed by atoms with Crippen LogP contribution in [0.25, 0.3) is 32.9 Å². The number of anilines is 1. The van der Waals surface area contributed by atoms with Gasteiger partial charge in [0.1, 0.15) is 34.3 Å². The maximum Gasteiger partial charge on any atom is 0.319 e. The largest absolute Gasteiger partial charge is 0.508 e. The number of halogens is 1. The van der Waals surface area contributed by atoms with Crippen molar-refractivity contribution in [2.24, 2.45) is 5.41 Å². The van der Waals surface area contributed by atoms with Gasteiger partial charge >= 0.3 is 6.01 Å². The lowest BCUT2D eigenvalue weighted by Gasteiger charge is -2.38. The smallest absolute Gasteiger partial charge is 0.319 e. The van der Waals surface area contributed by atoms with E-state index < -0.39 is 5.82 Å². The van der Waals surface area contributed by atoms with E-state index in [2.05, 4.69) is 49.1 Å². The minimum Gasteiger partial charge on any atom is -0.508 e. The number of phenols is 3. The van der Waals surface area contributed by atoms with E-state index in [0.717, 1.165) is 115 Å². The number of ether oxygens (including phenoxy) is 2. The van der Waals surface area contributed by atoms with Crippen LogP contribution in [0.2, 0.25) is 0 Å². The van der Waals surface area contributed by atoms with Crippen LogP contribution in [-0.2, 0) is 24.4 Å². The molecule has 5 aliphatic heterocycles. The van der Waals surface area contributed by atoms with Crippen molar-refractivity contribution in [2.45, 2.75) is 115 Å². The SMILES string of the molecule is C#Cc1cccc2cc(O)cc(-c3ncc4c(N5CC6CCC(C5)N6)nc(OCC5(CN6CCC(OC7CCN(Cc8ccc9c(c8)CN(C(=O)c8cc(C(C)C)c(O)cc8O)C9)CC7)CC6)CC5)nc4c3F)c12. The molecule has 1 amide bonds. The number of carbonyl (C=O) groups is 1. The molecule has 1 saturated carbocycles. The average molecular weight is 1000 g/mol. The van der Waals surface area contributed by atoms with Crippen molar-refractivity contribution in [1.29, 1.82) is 0 Å². The number of rotatable bonds is 13. The molecule has 2 atom stereocenters. The van der Waals surface area contributed by atoms with Crippen molar-refractivity contribution in [2.75, 3.05) is 57.3 Å². The Morgan fingerprint density at radius 3 is 2.32 bits per heavy atom. The number of terminal acetylenes is 1. The van der Waals surface area contributed by atoms with Crippen molar-refractivity contribution >= 4 is 33.4 Å². The van der Waals surface area contributed by atoms with Gasteiger partial charge in [0.25, 0.3) is 5.91 Å². The number of phenolic OH excluding ortho intramolecular Hbond substituents is 3. The molecule has 4 aromatic carbocycles. The predicted octanol–water partition coefficient (Wildman–Crippen LogP) is 8.61. The van der Waals surface area contributed by atoms with Crippen LogP contribution in [-0.4, -0.2) is 128 Å². The Balaban J connectivity index is 0.648. The maximum atomic E-state index is 17.1. The van der Waals surface area contributed by atoms with E-state index in [0.29, 0.717) is 70.4 Å². The van der Waals surface area contributed by atoms with Crippen molar-refractivity contribution < 1.29 is 34.0 Å². The van der Waals surface area contributed by atoms with Crippen LogP contribution in [0.5, 0.6) is 23.3 Å². The summed E-state index contributed by atoms with van der Waals surface area (Å²) < 4.78 is 30.5. The van der Waals surface area contributed by atoms with E-state index in [1.54, 1.807) is 29.3 Å². The zero-order valence-corrected chi connectivity index (χ0v) is 42.3. The Morgan fingerprint density at radius 1 is 0.878 bits per heavy atom. The summed E-state index contributed by atoms with van der Waals surface area (Å²) in [5, 5.41) is 37.1. The van der Waals surface area contributed by atoms with Gasteiger partial charge in [-0.3, -0.25) is 14.7 Å². The molecule has 1 aliphatic carbocycles. The Bertz CT molecular complexity index is 3180. The highest BCUT2D eigenvalue weighted by Gasteiger charge is 2.46. The molecule has 0 radical (unpaired) electrons. The summed E-state index contributed by atoms with van der Waals surface area (Å²) in [6.45, 7) is 12.5. The molecule has 14 nitrogen and oxygen atoms in total. The topological polar surface area (TPSA) is 160 Å². The van der Waals surface area contributed by atoms with E-state index in [9.17, 15) is 20.1 Å². The number of pyridine rings is 1. The maximum absolute atomic E-state index is 17.1. The Kier molecular flexibility index (Phi) is 12.8. The molecule has 384 valence electrons. The quantitative estimate of drug-likeness (QED) is 0.0816. The van der Waals surface area contributed by atoms with Crippen LogP contribution in [0, 0.1) is 23.6 Å². The fourth-order valence-electron chi connectivity index (χ4n) is 12.4. The number of nitrogens with zero attached hydrogens (tertiary/aromatic N) is 7. The molecule has 2 unspecified atom stereocenters. The first-order valence-corrected chi connectivity index (χ1v) is 26.6. The van der Waals surface area contributed by atoms with E-state index in [-0.39, 0.29) is 69.5 Å². The predicted molar refractivity (Wildman–Crippen MR) is 282 cm³/mol. The van der Waals surface area contributed by atoms with Gasteiger partial charge in [-0.1, -0.05) is 50.1 Å². The molecule has 2 bridgehead atoms. The zero-order chi connectivity index (χ0) is 50.8. The zero-order valence-electron chi connectivity index (χ0n) is 42.3. The summed E-state index contributed by atoms with van der Waals surface area (Å²) in [6.07, 6.45) is 16.3. The molecule has 4 saturated heterocycles. The van der Waals surface area contributed by atoms with Crippen LogP contribution in [0.3, 0.4) is 0 Å². The number of fused-ring (bicyclic) bond motifs is 5. The third-order valence-electron chi connectivity index (χ3n) is 16.7. The number of nitrogens with one attached hydrogen (secondary N) is 1. The third-order valence-corrected chi connectivity index (χ3v) is 16.7.